The molecule has 13 rings (SSSR count). The lowest BCUT2D eigenvalue weighted by atomic mass is 9.93. The zero-order chi connectivity index (χ0) is 51.6. The molecule has 0 amide bonds. The van der Waals surface area contributed by atoms with Gasteiger partial charge in [0.15, 0.2) is 0 Å². The third-order valence-electron chi connectivity index (χ3n) is 16.7. The second kappa shape index (κ2) is 20.1. The fraction of sp³-hybridized carbons (Fsp3) is 0.377. The van der Waals surface area contributed by atoms with Gasteiger partial charge in [-0.25, -0.2) is 9.97 Å². The number of benzene rings is 4. The summed E-state index contributed by atoms with van der Waals surface area (Å²) in [5, 5.41) is 8.97. The van der Waals surface area contributed by atoms with Crippen LogP contribution in [0.25, 0.3) is 44.3 Å². The van der Waals surface area contributed by atoms with Crippen molar-refractivity contribution >= 4 is 68.3 Å². The average molecular weight is 1030 g/mol. The Morgan fingerprint density at radius 3 is 1.61 bits per heavy atom. The normalized spacial score (nSPS) is 19.2. The van der Waals surface area contributed by atoms with Crippen molar-refractivity contribution in [3.05, 3.63) is 152 Å². The minimum atomic E-state index is -0.122. The Balaban J connectivity index is 0.615. The van der Waals surface area contributed by atoms with Crippen LogP contribution in [0.3, 0.4) is 0 Å². The number of hydrogen-bond acceptors (Lipinski definition) is 12. The van der Waals surface area contributed by atoms with Crippen LogP contribution in [-0.4, -0.2) is 105 Å². The van der Waals surface area contributed by atoms with Crippen LogP contribution in [0.4, 0.5) is 34.6 Å². The number of anilines is 6. The maximum absolute atomic E-state index is 14.1. The number of halogens is 1. The van der Waals surface area contributed by atoms with Gasteiger partial charge in [-0.15, -0.1) is 0 Å². The third kappa shape index (κ3) is 9.71. The second-order valence-electron chi connectivity index (χ2n) is 21.8. The number of fused-ring (bicyclic) bond motifs is 2. The molecule has 4 aromatic heterocycles. The number of likely N-dealkylation sites (N-methyl/N-ethyl adjacent to an activating group) is 1. The van der Waals surface area contributed by atoms with Gasteiger partial charge in [0.25, 0.3) is 11.1 Å². The topological polar surface area (TPSA) is 133 Å². The summed E-state index contributed by atoms with van der Waals surface area (Å²) in [6, 6.07) is 33.8. The van der Waals surface area contributed by atoms with Crippen LogP contribution in [0.15, 0.2) is 119 Å². The van der Waals surface area contributed by atoms with E-state index in [9.17, 15) is 9.59 Å². The number of piperazine rings is 2. The summed E-state index contributed by atoms with van der Waals surface area (Å²) < 4.78 is 3.50. The molecule has 5 aliphatic rings. The maximum atomic E-state index is 14.1. The first kappa shape index (κ1) is 48.5. The molecule has 2 atom stereocenters. The molecule has 2 saturated heterocycles. The van der Waals surface area contributed by atoms with E-state index < -0.39 is 0 Å². The number of hydrogen-bond donors (Lipinski definition) is 2. The molecule has 15 heteroatoms. The van der Waals surface area contributed by atoms with Crippen molar-refractivity contribution in [3.63, 3.8) is 0 Å². The van der Waals surface area contributed by atoms with Crippen molar-refractivity contribution < 1.29 is 0 Å². The zero-order valence-electron chi connectivity index (χ0n) is 43.7. The lowest BCUT2D eigenvalue weighted by molar-refractivity contribution is 0.246. The van der Waals surface area contributed by atoms with Crippen LogP contribution in [0, 0.1) is 5.92 Å². The smallest absolute Gasteiger partial charge is 0.260 e. The Hall–Kier alpha value is -7.13. The Bertz CT molecular complexity index is 3610. The molecule has 3 aliphatic carbocycles. The summed E-state index contributed by atoms with van der Waals surface area (Å²) in [5.74, 6) is 3.16. The molecule has 5 fully saturated rings. The van der Waals surface area contributed by atoms with Gasteiger partial charge in [-0.2, -0.15) is 9.97 Å². The molecular formula is C61H65ClN12O2. The first-order chi connectivity index (χ1) is 37.1. The predicted molar refractivity (Wildman–Crippen MR) is 307 cm³/mol. The van der Waals surface area contributed by atoms with Gasteiger partial charge in [0.05, 0.1) is 0 Å². The van der Waals surface area contributed by atoms with E-state index >= 15 is 0 Å². The van der Waals surface area contributed by atoms with Gasteiger partial charge >= 0.3 is 0 Å². The van der Waals surface area contributed by atoms with Gasteiger partial charge in [0, 0.05) is 140 Å². The predicted octanol–water partition coefficient (Wildman–Crippen LogP) is 10.8. The van der Waals surface area contributed by atoms with Gasteiger partial charge < -0.3 is 25.3 Å². The highest BCUT2D eigenvalue weighted by atomic mass is 35.5. The van der Waals surface area contributed by atoms with E-state index in [0.717, 1.165) is 104 Å². The molecule has 0 radical (unpaired) electrons. The SMILES string of the molecule is CCn1c(=O)c(-c2ccc(C3CC3CN3CCN(c4ccc(Nc5ncc6cc(-c7ccc(C8CC8)cc7C7CC7)c(=O)n(CC)c6n5)cc4)CC3)cc2Cl)cc2cnc(Nc3ccc(N4CCN(C)CC4)cc3)nc21. The Kier molecular flexibility index (Phi) is 12.8. The van der Waals surface area contributed by atoms with Gasteiger partial charge in [-0.1, -0.05) is 41.9 Å². The van der Waals surface area contributed by atoms with Crippen molar-refractivity contribution in [2.24, 2.45) is 5.92 Å². The van der Waals surface area contributed by atoms with Crippen molar-refractivity contribution in [2.75, 3.05) is 86.4 Å². The monoisotopic (exact) mass is 1030 g/mol. The molecule has 2 aliphatic heterocycles. The first-order valence-corrected chi connectivity index (χ1v) is 27.9. The van der Waals surface area contributed by atoms with Crippen LogP contribution in [-0.2, 0) is 13.1 Å². The number of aryl methyl sites for hydroxylation is 2. The van der Waals surface area contributed by atoms with Crippen LogP contribution < -0.4 is 31.6 Å². The van der Waals surface area contributed by atoms with Crippen molar-refractivity contribution in [1.29, 1.82) is 0 Å². The number of nitrogens with one attached hydrogen (secondary N) is 2. The standard InChI is InChI=1S/C61H65ClN12O2/c1-4-73-56-42(31-53(58(73)75)49-20-10-40(38-6-7-38)30-52(49)39-8-9-39)35-63-60(67-56)66-46-14-18-48(19-15-46)72-28-24-70(25-29-72)37-44-33-51(44)41-11-21-50(55(62)34-41)54-32-43-36-64-61(68-57(43)74(5-2)59(54)76)65-45-12-16-47(17-13-45)71-26-22-69(3)23-27-71/h10-21,30-32,34-36,38-39,44,51H,4-9,22-29,33,37H2,1-3H3,(H,63,66,67)(H,64,65,68). The molecule has 2 N–H and O–H groups in total. The fourth-order valence-corrected chi connectivity index (χ4v) is 12.1. The molecule has 6 heterocycles. The number of aromatic nitrogens is 6. The molecular weight excluding hydrogens is 968 g/mol. The van der Waals surface area contributed by atoms with E-state index in [0.29, 0.717) is 70.5 Å². The van der Waals surface area contributed by atoms with Crippen molar-refractivity contribution in [3.8, 4) is 22.3 Å². The highest BCUT2D eigenvalue weighted by Crippen LogP contribution is 2.50. The first-order valence-electron chi connectivity index (χ1n) is 27.5. The second-order valence-corrected chi connectivity index (χ2v) is 22.2. The van der Waals surface area contributed by atoms with Gasteiger partial charge in [-0.3, -0.25) is 23.6 Å². The third-order valence-corrected chi connectivity index (χ3v) is 17.0. The van der Waals surface area contributed by atoms with E-state index in [1.165, 1.54) is 53.7 Å². The molecule has 2 unspecified atom stereocenters. The minimum absolute atomic E-state index is 0.000282. The van der Waals surface area contributed by atoms with E-state index in [4.69, 9.17) is 26.6 Å². The summed E-state index contributed by atoms with van der Waals surface area (Å²) in [6.45, 7) is 14.1. The molecule has 388 valence electrons. The Morgan fingerprint density at radius 2 is 1.08 bits per heavy atom. The molecule has 8 aromatic rings. The molecule has 0 spiro atoms. The molecule has 0 bridgehead atoms. The average Bonchev–Trinajstić information content (AvgIpc) is 4.30. The molecule has 14 nitrogen and oxygen atoms in total. The zero-order valence-corrected chi connectivity index (χ0v) is 44.4. The lowest BCUT2D eigenvalue weighted by Crippen LogP contribution is -2.47. The van der Waals surface area contributed by atoms with E-state index in [1.807, 2.05) is 38.2 Å². The van der Waals surface area contributed by atoms with Crippen LogP contribution >= 0.6 is 11.6 Å². The summed E-state index contributed by atoms with van der Waals surface area (Å²) in [5.41, 5.74) is 12.4. The van der Waals surface area contributed by atoms with Crippen molar-refractivity contribution in [1.82, 2.24) is 38.9 Å². The van der Waals surface area contributed by atoms with E-state index in [-0.39, 0.29) is 11.1 Å². The summed E-state index contributed by atoms with van der Waals surface area (Å²) >= 11 is 7.05. The van der Waals surface area contributed by atoms with Crippen molar-refractivity contribution in [2.45, 2.75) is 76.8 Å². The molecule has 3 saturated carbocycles. The van der Waals surface area contributed by atoms with Crippen LogP contribution in [0.2, 0.25) is 5.02 Å². The number of rotatable bonds is 15. The van der Waals surface area contributed by atoms with E-state index in [1.54, 1.807) is 15.3 Å². The largest absolute Gasteiger partial charge is 0.369 e. The van der Waals surface area contributed by atoms with E-state index in [2.05, 4.69) is 121 Å². The fourth-order valence-electron chi connectivity index (χ4n) is 11.8. The van der Waals surface area contributed by atoms with Crippen LogP contribution in [0.1, 0.15) is 80.4 Å². The summed E-state index contributed by atoms with van der Waals surface area (Å²) in [6.07, 6.45) is 9.68. The number of nitrogens with zero attached hydrogens (tertiary/aromatic N) is 10. The van der Waals surface area contributed by atoms with Gasteiger partial charge in [0.1, 0.15) is 11.3 Å². The highest BCUT2D eigenvalue weighted by Gasteiger charge is 2.40. The Morgan fingerprint density at radius 1 is 0.566 bits per heavy atom. The van der Waals surface area contributed by atoms with Gasteiger partial charge in [0.2, 0.25) is 11.9 Å². The minimum Gasteiger partial charge on any atom is -0.369 e. The maximum Gasteiger partial charge on any atom is 0.260 e. The highest BCUT2D eigenvalue weighted by molar-refractivity contribution is 6.33. The quantitative estimate of drug-likeness (QED) is 0.101. The van der Waals surface area contributed by atoms with Crippen LogP contribution in [0.5, 0.6) is 0 Å². The van der Waals surface area contributed by atoms with Gasteiger partial charge in [-0.05, 0) is 166 Å². The lowest BCUT2D eigenvalue weighted by Gasteiger charge is -2.36. The summed E-state index contributed by atoms with van der Waals surface area (Å²) in [7, 11) is 2.16. The summed E-state index contributed by atoms with van der Waals surface area (Å²) in [4.78, 5) is 57.0. The molecule has 4 aromatic carbocycles. The Labute approximate surface area is 448 Å². The molecule has 76 heavy (non-hydrogen) atoms. The number of pyridine rings is 2.